The first kappa shape index (κ1) is 18.4. The van der Waals surface area contributed by atoms with Crippen molar-refractivity contribution in [2.24, 2.45) is 0 Å². The number of hydrogen-bond acceptors (Lipinski definition) is 4. The van der Waals surface area contributed by atoms with Crippen LogP contribution in [0, 0.1) is 0 Å². The van der Waals surface area contributed by atoms with Crippen molar-refractivity contribution in [2.45, 2.75) is 12.8 Å². The molecule has 4 heteroatoms. The second kappa shape index (κ2) is 9.34. The van der Waals surface area contributed by atoms with Crippen molar-refractivity contribution >= 4 is 11.9 Å². The molecule has 0 aliphatic heterocycles. The molecule has 0 saturated heterocycles. The number of carbonyl (C=O) groups is 2. The zero-order chi connectivity index (χ0) is 18.9. The molecule has 0 saturated carbocycles. The Hall–Kier alpha value is -3.40. The van der Waals surface area contributed by atoms with E-state index in [0.29, 0.717) is 24.3 Å². The quantitative estimate of drug-likeness (QED) is 0.467. The highest BCUT2D eigenvalue weighted by molar-refractivity contribution is 5.89. The van der Waals surface area contributed by atoms with Crippen LogP contribution in [-0.2, 0) is 22.4 Å². The van der Waals surface area contributed by atoms with E-state index in [1.165, 1.54) is 0 Å². The predicted octanol–water partition coefficient (Wildman–Crippen LogP) is 4.23. The normalized spacial score (nSPS) is 10.2. The first-order valence-electron chi connectivity index (χ1n) is 8.76. The molecule has 0 fully saturated rings. The van der Waals surface area contributed by atoms with Gasteiger partial charge in [-0.05, 0) is 35.4 Å². The summed E-state index contributed by atoms with van der Waals surface area (Å²) in [5.74, 6) is -0.343. The topological polar surface area (TPSA) is 52.6 Å². The third-order valence-electron chi connectivity index (χ3n) is 3.98. The smallest absolute Gasteiger partial charge is 0.338 e. The second-order valence-electron chi connectivity index (χ2n) is 6.03. The molecular weight excluding hydrogens is 340 g/mol. The lowest BCUT2D eigenvalue weighted by Crippen LogP contribution is -2.11. The Kier molecular flexibility index (Phi) is 6.36. The van der Waals surface area contributed by atoms with Crippen molar-refractivity contribution < 1.29 is 19.1 Å². The SMILES string of the molecule is O=C(Cc1ccccc1)Oc1ccc(C(=O)OCCc2ccccc2)cc1. The number of esters is 2. The molecule has 3 aromatic rings. The van der Waals surface area contributed by atoms with Gasteiger partial charge in [0.15, 0.2) is 0 Å². The summed E-state index contributed by atoms with van der Waals surface area (Å²) in [6, 6.07) is 25.6. The lowest BCUT2D eigenvalue weighted by molar-refractivity contribution is -0.133. The van der Waals surface area contributed by atoms with E-state index < -0.39 is 5.97 Å². The summed E-state index contributed by atoms with van der Waals surface area (Å²) in [5.41, 5.74) is 2.43. The monoisotopic (exact) mass is 360 g/mol. The van der Waals surface area contributed by atoms with Crippen molar-refractivity contribution in [1.82, 2.24) is 0 Å². The van der Waals surface area contributed by atoms with Gasteiger partial charge in [-0.1, -0.05) is 60.7 Å². The van der Waals surface area contributed by atoms with E-state index in [-0.39, 0.29) is 12.4 Å². The van der Waals surface area contributed by atoms with E-state index >= 15 is 0 Å². The molecule has 0 radical (unpaired) electrons. The van der Waals surface area contributed by atoms with Gasteiger partial charge in [0.25, 0.3) is 0 Å². The van der Waals surface area contributed by atoms with Crippen LogP contribution in [0.2, 0.25) is 0 Å². The van der Waals surface area contributed by atoms with E-state index in [2.05, 4.69) is 0 Å². The average Bonchev–Trinajstić information content (AvgIpc) is 2.70. The second-order valence-corrected chi connectivity index (χ2v) is 6.03. The molecule has 0 atom stereocenters. The summed E-state index contributed by atoms with van der Waals surface area (Å²) in [6.45, 7) is 0.316. The summed E-state index contributed by atoms with van der Waals surface area (Å²) in [5, 5.41) is 0. The van der Waals surface area contributed by atoms with Gasteiger partial charge in [-0.15, -0.1) is 0 Å². The number of ether oxygens (including phenoxy) is 2. The van der Waals surface area contributed by atoms with Gasteiger partial charge in [0.1, 0.15) is 5.75 Å². The van der Waals surface area contributed by atoms with Crippen molar-refractivity contribution in [3.8, 4) is 5.75 Å². The summed E-state index contributed by atoms with van der Waals surface area (Å²) in [4.78, 5) is 24.0. The number of carbonyl (C=O) groups excluding carboxylic acids is 2. The first-order valence-corrected chi connectivity index (χ1v) is 8.76. The lowest BCUT2D eigenvalue weighted by Gasteiger charge is -2.07. The lowest BCUT2D eigenvalue weighted by atomic mass is 10.1. The van der Waals surface area contributed by atoms with Crippen molar-refractivity contribution in [2.75, 3.05) is 6.61 Å². The fraction of sp³-hybridized carbons (Fsp3) is 0.130. The summed E-state index contributed by atoms with van der Waals surface area (Å²) in [6.07, 6.45) is 0.867. The largest absolute Gasteiger partial charge is 0.462 e. The molecule has 0 N–H and O–H groups in total. The van der Waals surface area contributed by atoms with Gasteiger partial charge in [-0.3, -0.25) is 4.79 Å². The van der Waals surface area contributed by atoms with Gasteiger partial charge >= 0.3 is 11.9 Å². The van der Waals surface area contributed by atoms with Gasteiger partial charge in [-0.25, -0.2) is 4.79 Å². The molecule has 136 valence electrons. The molecular formula is C23H20O4. The van der Waals surface area contributed by atoms with Crippen molar-refractivity contribution in [3.05, 3.63) is 102 Å². The van der Waals surface area contributed by atoms with E-state index in [9.17, 15) is 9.59 Å². The predicted molar refractivity (Wildman–Crippen MR) is 103 cm³/mol. The van der Waals surface area contributed by atoms with Crippen molar-refractivity contribution in [3.63, 3.8) is 0 Å². The molecule has 0 aliphatic rings. The minimum Gasteiger partial charge on any atom is -0.462 e. The molecule has 3 rings (SSSR count). The van der Waals surface area contributed by atoms with Crippen molar-refractivity contribution in [1.29, 1.82) is 0 Å². The van der Waals surface area contributed by atoms with Crippen LogP contribution >= 0.6 is 0 Å². The Morgan fingerprint density at radius 1 is 0.704 bits per heavy atom. The van der Waals surface area contributed by atoms with E-state index in [0.717, 1.165) is 11.1 Å². The molecule has 0 amide bonds. The minimum atomic E-state index is -0.395. The highest BCUT2D eigenvalue weighted by Gasteiger charge is 2.10. The third-order valence-corrected chi connectivity index (χ3v) is 3.98. The number of hydrogen-bond donors (Lipinski definition) is 0. The average molecular weight is 360 g/mol. The Labute approximate surface area is 158 Å². The van der Waals surface area contributed by atoms with Gasteiger partial charge in [0.2, 0.25) is 0 Å². The third kappa shape index (κ3) is 5.82. The Balaban J connectivity index is 1.47. The zero-order valence-electron chi connectivity index (χ0n) is 14.8. The van der Waals surface area contributed by atoms with Crippen LogP contribution in [0.4, 0.5) is 0 Å². The van der Waals surface area contributed by atoms with Gasteiger partial charge in [-0.2, -0.15) is 0 Å². The van der Waals surface area contributed by atoms with Crippen LogP contribution < -0.4 is 4.74 Å². The van der Waals surface area contributed by atoms with E-state index in [1.807, 2.05) is 60.7 Å². The summed E-state index contributed by atoms with van der Waals surface area (Å²) >= 11 is 0. The molecule has 0 spiro atoms. The number of benzene rings is 3. The van der Waals surface area contributed by atoms with Crippen LogP contribution in [0.15, 0.2) is 84.9 Å². The van der Waals surface area contributed by atoms with Crippen LogP contribution in [0.25, 0.3) is 0 Å². The molecule has 0 aliphatic carbocycles. The summed E-state index contributed by atoms with van der Waals surface area (Å²) in [7, 11) is 0. The van der Waals surface area contributed by atoms with Gasteiger partial charge in [0.05, 0.1) is 18.6 Å². The molecule has 3 aromatic carbocycles. The maximum Gasteiger partial charge on any atom is 0.338 e. The standard InChI is InChI=1S/C23H20O4/c24-22(17-19-9-5-2-6-10-19)27-21-13-11-20(12-14-21)23(25)26-16-15-18-7-3-1-4-8-18/h1-14H,15-17H2. The molecule has 0 heterocycles. The maximum atomic E-state index is 12.1. The molecule has 4 nitrogen and oxygen atoms in total. The van der Waals surface area contributed by atoms with Crippen LogP contribution in [-0.4, -0.2) is 18.5 Å². The Morgan fingerprint density at radius 2 is 1.30 bits per heavy atom. The van der Waals surface area contributed by atoms with Crippen LogP contribution in [0.5, 0.6) is 5.75 Å². The Morgan fingerprint density at radius 3 is 1.93 bits per heavy atom. The fourth-order valence-corrected chi connectivity index (χ4v) is 2.58. The maximum absolute atomic E-state index is 12.1. The molecule has 0 unspecified atom stereocenters. The van der Waals surface area contributed by atoms with E-state index in [1.54, 1.807) is 24.3 Å². The Bertz CT molecular complexity index is 871. The fourth-order valence-electron chi connectivity index (χ4n) is 2.58. The zero-order valence-corrected chi connectivity index (χ0v) is 14.8. The van der Waals surface area contributed by atoms with Gasteiger partial charge < -0.3 is 9.47 Å². The van der Waals surface area contributed by atoms with Crippen LogP contribution in [0.3, 0.4) is 0 Å². The van der Waals surface area contributed by atoms with Crippen LogP contribution in [0.1, 0.15) is 21.5 Å². The van der Waals surface area contributed by atoms with Gasteiger partial charge in [0, 0.05) is 6.42 Å². The molecule has 0 aromatic heterocycles. The highest BCUT2D eigenvalue weighted by atomic mass is 16.5. The minimum absolute atomic E-state index is 0.199. The first-order chi connectivity index (χ1) is 13.2. The molecule has 27 heavy (non-hydrogen) atoms. The highest BCUT2D eigenvalue weighted by Crippen LogP contribution is 2.14. The number of rotatable bonds is 7. The van der Waals surface area contributed by atoms with E-state index in [4.69, 9.17) is 9.47 Å². The molecule has 0 bridgehead atoms. The summed E-state index contributed by atoms with van der Waals surface area (Å²) < 4.78 is 10.6.